The van der Waals surface area contributed by atoms with Crippen LogP contribution >= 0.6 is 0 Å². The minimum absolute atomic E-state index is 0.0505. The number of hydrogen-bond donors (Lipinski definition) is 1. The lowest BCUT2D eigenvalue weighted by Gasteiger charge is -2.27. The average molecular weight is 433 g/mol. The summed E-state index contributed by atoms with van der Waals surface area (Å²) in [4.78, 5) is 12.8. The molecule has 1 atom stereocenters. The summed E-state index contributed by atoms with van der Waals surface area (Å²) in [5.41, 5.74) is 3.24. The van der Waals surface area contributed by atoms with E-state index < -0.39 is 0 Å². The fraction of sp³-hybridized carbons (Fsp3) is 0.318. The summed E-state index contributed by atoms with van der Waals surface area (Å²) < 4.78 is 14.9. The topological polar surface area (TPSA) is 108 Å². The second kappa shape index (κ2) is 7.63. The van der Waals surface area contributed by atoms with Gasteiger partial charge in [-0.15, -0.1) is 15.3 Å². The van der Waals surface area contributed by atoms with Crippen LogP contribution in [0.5, 0.6) is 11.5 Å². The molecule has 0 fully saturated rings. The first-order valence-electron chi connectivity index (χ1n) is 10.4. The predicted octanol–water partition coefficient (Wildman–Crippen LogP) is 2.89. The number of fused-ring (bicyclic) bond motifs is 2. The molecule has 32 heavy (non-hydrogen) atoms. The third-order valence-electron chi connectivity index (χ3n) is 5.43. The normalized spacial score (nSPS) is 15.7. The Bertz CT molecular complexity index is 1320. The maximum atomic E-state index is 12.8. The van der Waals surface area contributed by atoms with Crippen molar-refractivity contribution in [2.45, 2.75) is 39.2 Å². The summed E-state index contributed by atoms with van der Waals surface area (Å²) in [6.45, 7) is 5.86. The third-order valence-corrected chi connectivity index (χ3v) is 5.43. The smallest absolute Gasteiger partial charge is 0.226 e. The van der Waals surface area contributed by atoms with Crippen molar-refractivity contribution in [2.75, 3.05) is 12.4 Å². The first-order chi connectivity index (χ1) is 15.5. The number of ether oxygens (including phenoxy) is 2. The first kappa shape index (κ1) is 20.0. The number of aryl methyl sites for hydroxylation is 1. The summed E-state index contributed by atoms with van der Waals surface area (Å²) in [6.07, 6.45) is 1.75. The fourth-order valence-electron chi connectivity index (χ4n) is 4.14. The summed E-state index contributed by atoms with van der Waals surface area (Å²) in [5, 5.41) is 20.1. The van der Waals surface area contributed by atoms with Crippen molar-refractivity contribution >= 4 is 17.4 Å². The van der Waals surface area contributed by atoms with E-state index >= 15 is 0 Å². The van der Waals surface area contributed by atoms with Crippen LogP contribution in [0.2, 0.25) is 0 Å². The molecule has 0 saturated carbocycles. The maximum absolute atomic E-state index is 12.8. The largest absolute Gasteiger partial charge is 0.493 e. The lowest BCUT2D eigenvalue weighted by Crippen LogP contribution is -2.25. The van der Waals surface area contributed by atoms with Gasteiger partial charge >= 0.3 is 0 Å². The molecule has 1 amide bonds. The minimum atomic E-state index is -0.241. The highest BCUT2D eigenvalue weighted by molar-refractivity contribution is 5.95. The van der Waals surface area contributed by atoms with Crippen LogP contribution in [0.25, 0.3) is 11.5 Å². The lowest BCUT2D eigenvalue weighted by molar-refractivity contribution is -0.116. The van der Waals surface area contributed by atoms with E-state index in [0.29, 0.717) is 28.8 Å². The Hall–Kier alpha value is -3.95. The van der Waals surface area contributed by atoms with Gasteiger partial charge in [-0.2, -0.15) is 14.3 Å². The van der Waals surface area contributed by atoms with Crippen LogP contribution in [0.3, 0.4) is 0 Å². The maximum Gasteiger partial charge on any atom is 0.226 e. The SMILES string of the molecule is COc1cccc(C2CC(=O)Nc3c2c(C)nn3-c2ccc3nncn3n2)c1OC(C)C. The highest BCUT2D eigenvalue weighted by atomic mass is 16.5. The van der Waals surface area contributed by atoms with Crippen molar-refractivity contribution in [3.8, 4) is 17.3 Å². The number of hydrogen-bond acceptors (Lipinski definition) is 7. The zero-order valence-electron chi connectivity index (χ0n) is 18.2. The number of nitrogens with zero attached hydrogens (tertiary/aromatic N) is 6. The van der Waals surface area contributed by atoms with E-state index in [2.05, 4.69) is 20.6 Å². The molecule has 10 heteroatoms. The molecular formula is C22H23N7O3. The molecule has 0 spiro atoms. The van der Waals surface area contributed by atoms with Gasteiger partial charge in [0.1, 0.15) is 12.1 Å². The number of methoxy groups -OCH3 is 1. The molecule has 1 unspecified atom stereocenters. The molecule has 3 aromatic heterocycles. The number of amides is 1. The number of aromatic nitrogens is 6. The zero-order chi connectivity index (χ0) is 22.4. The predicted molar refractivity (Wildman–Crippen MR) is 116 cm³/mol. The van der Waals surface area contributed by atoms with Gasteiger partial charge in [-0.3, -0.25) is 4.79 Å². The van der Waals surface area contributed by atoms with Crippen LogP contribution in [0.15, 0.2) is 36.7 Å². The fourth-order valence-corrected chi connectivity index (χ4v) is 4.14. The van der Waals surface area contributed by atoms with E-state index in [9.17, 15) is 4.79 Å². The van der Waals surface area contributed by atoms with Crippen molar-refractivity contribution in [1.29, 1.82) is 0 Å². The van der Waals surface area contributed by atoms with Crippen LogP contribution < -0.4 is 14.8 Å². The Morgan fingerprint density at radius 1 is 1.19 bits per heavy atom. The van der Waals surface area contributed by atoms with E-state index in [-0.39, 0.29) is 24.3 Å². The van der Waals surface area contributed by atoms with Crippen molar-refractivity contribution in [2.24, 2.45) is 0 Å². The molecule has 4 aromatic rings. The molecule has 4 heterocycles. The molecular weight excluding hydrogens is 410 g/mol. The number of benzene rings is 1. The number of nitrogens with one attached hydrogen (secondary N) is 1. The van der Waals surface area contributed by atoms with Gasteiger partial charge in [0.2, 0.25) is 5.91 Å². The molecule has 0 radical (unpaired) electrons. The molecule has 0 bridgehead atoms. The zero-order valence-corrected chi connectivity index (χ0v) is 18.2. The van der Waals surface area contributed by atoms with Crippen molar-refractivity contribution in [3.63, 3.8) is 0 Å². The van der Waals surface area contributed by atoms with Crippen LogP contribution in [-0.2, 0) is 4.79 Å². The minimum Gasteiger partial charge on any atom is -0.493 e. The second-order valence-corrected chi connectivity index (χ2v) is 7.93. The summed E-state index contributed by atoms with van der Waals surface area (Å²) in [5.74, 6) is 2.08. The standard InChI is InChI=1S/C22H23N7O3/c1-12(2)32-21-14(6-5-7-16(21)31-4)15-10-19(30)24-22-20(15)13(3)26-29(22)18-9-8-17-25-23-11-28(17)27-18/h5-9,11-12,15H,10H2,1-4H3,(H,24,30). The molecule has 5 rings (SSSR count). The Labute approximate surface area is 184 Å². The average Bonchev–Trinajstić information content (AvgIpc) is 3.36. The van der Waals surface area contributed by atoms with Crippen LogP contribution in [0, 0.1) is 6.92 Å². The van der Waals surface area contributed by atoms with Gasteiger partial charge in [-0.1, -0.05) is 12.1 Å². The van der Waals surface area contributed by atoms with Crippen molar-refractivity contribution < 1.29 is 14.3 Å². The van der Waals surface area contributed by atoms with Crippen molar-refractivity contribution in [3.05, 3.63) is 53.5 Å². The van der Waals surface area contributed by atoms with Gasteiger partial charge < -0.3 is 14.8 Å². The molecule has 1 aliphatic heterocycles. The van der Waals surface area contributed by atoms with Crippen LogP contribution in [0.4, 0.5) is 5.82 Å². The van der Waals surface area contributed by atoms with Crippen LogP contribution in [-0.4, -0.2) is 48.7 Å². The Balaban J connectivity index is 1.67. The highest BCUT2D eigenvalue weighted by Gasteiger charge is 2.35. The van der Waals surface area contributed by atoms with E-state index in [4.69, 9.17) is 14.6 Å². The Morgan fingerprint density at radius 3 is 2.81 bits per heavy atom. The number of para-hydroxylation sites is 1. The molecule has 1 N–H and O–H groups in total. The van der Waals surface area contributed by atoms with Gasteiger partial charge in [0.15, 0.2) is 23.0 Å². The Morgan fingerprint density at radius 2 is 2.03 bits per heavy atom. The van der Waals surface area contributed by atoms with Gasteiger partial charge in [0, 0.05) is 23.5 Å². The van der Waals surface area contributed by atoms with Crippen LogP contribution in [0.1, 0.15) is 43.0 Å². The van der Waals surface area contributed by atoms with E-state index in [1.807, 2.05) is 39.0 Å². The molecule has 1 aliphatic rings. The first-order valence-corrected chi connectivity index (χ1v) is 10.4. The summed E-state index contributed by atoms with van der Waals surface area (Å²) in [7, 11) is 1.61. The van der Waals surface area contributed by atoms with E-state index in [0.717, 1.165) is 16.8 Å². The quantitative estimate of drug-likeness (QED) is 0.515. The van der Waals surface area contributed by atoms with Gasteiger partial charge in [0.05, 0.1) is 18.9 Å². The number of anilines is 1. The van der Waals surface area contributed by atoms with E-state index in [1.54, 1.807) is 28.4 Å². The molecule has 164 valence electrons. The monoisotopic (exact) mass is 433 g/mol. The van der Waals surface area contributed by atoms with Gasteiger partial charge in [-0.25, -0.2) is 0 Å². The summed E-state index contributed by atoms with van der Waals surface area (Å²) >= 11 is 0. The molecule has 1 aromatic carbocycles. The van der Waals surface area contributed by atoms with Gasteiger partial charge in [0.25, 0.3) is 0 Å². The molecule has 0 aliphatic carbocycles. The highest BCUT2D eigenvalue weighted by Crippen LogP contribution is 2.45. The number of carbonyl (C=O) groups is 1. The number of rotatable bonds is 5. The lowest BCUT2D eigenvalue weighted by atomic mass is 9.85. The molecule has 0 saturated heterocycles. The Kier molecular flexibility index (Phi) is 4.76. The molecule has 10 nitrogen and oxygen atoms in total. The van der Waals surface area contributed by atoms with Gasteiger partial charge in [-0.05, 0) is 39.0 Å². The summed E-state index contributed by atoms with van der Waals surface area (Å²) in [6, 6.07) is 9.35. The van der Waals surface area contributed by atoms with Crippen molar-refractivity contribution in [1.82, 2.24) is 29.6 Å². The second-order valence-electron chi connectivity index (χ2n) is 7.93. The number of carbonyl (C=O) groups excluding carboxylic acids is 1. The van der Waals surface area contributed by atoms with E-state index in [1.165, 1.54) is 6.33 Å². The third kappa shape index (κ3) is 3.24.